The summed E-state index contributed by atoms with van der Waals surface area (Å²) < 4.78 is 11.0. The molecule has 0 saturated carbocycles. The molecule has 1 aromatic carbocycles. The Kier molecular flexibility index (Phi) is 6.98. The van der Waals surface area contributed by atoms with Gasteiger partial charge in [0.1, 0.15) is 0 Å². The van der Waals surface area contributed by atoms with Crippen LogP contribution in [0.4, 0.5) is 0 Å². The predicted octanol–water partition coefficient (Wildman–Crippen LogP) is 3.43. The Morgan fingerprint density at radius 2 is 2.12 bits per heavy atom. The molecule has 0 aliphatic rings. The summed E-state index contributed by atoms with van der Waals surface area (Å²) in [6.45, 7) is 4.59. The monoisotopic (exact) mass is 353 g/mol. The molecule has 1 heterocycles. The van der Waals surface area contributed by atoms with E-state index in [9.17, 15) is 4.79 Å². The van der Waals surface area contributed by atoms with E-state index in [1.165, 1.54) is 0 Å². The van der Waals surface area contributed by atoms with E-state index in [0.717, 1.165) is 5.56 Å². The lowest BCUT2D eigenvalue weighted by Gasteiger charge is -2.22. The summed E-state index contributed by atoms with van der Waals surface area (Å²) in [5.74, 6) is 0.930. The van der Waals surface area contributed by atoms with Crippen molar-refractivity contribution in [1.82, 2.24) is 9.88 Å². The highest BCUT2D eigenvalue weighted by atomic mass is 16.5. The second-order valence-electron chi connectivity index (χ2n) is 6.03. The van der Waals surface area contributed by atoms with Crippen molar-refractivity contribution in [3.05, 3.63) is 53.9 Å². The van der Waals surface area contributed by atoms with Crippen LogP contribution in [0.25, 0.3) is 0 Å². The van der Waals surface area contributed by atoms with Gasteiger partial charge in [-0.2, -0.15) is 5.26 Å². The zero-order valence-corrected chi connectivity index (χ0v) is 15.3. The molecule has 0 saturated heterocycles. The molecular formula is C20H23N3O3. The van der Waals surface area contributed by atoms with Crippen LogP contribution in [0.1, 0.15) is 36.2 Å². The molecule has 0 spiro atoms. The van der Waals surface area contributed by atoms with E-state index in [2.05, 4.69) is 11.1 Å². The average Bonchev–Trinajstić information content (AvgIpc) is 2.65. The lowest BCUT2D eigenvalue weighted by Crippen LogP contribution is -2.31. The third-order valence-electron chi connectivity index (χ3n) is 3.65. The number of ether oxygens (including phenoxy) is 2. The number of methoxy groups -OCH3 is 1. The van der Waals surface area contributed by atoms with Crippen LogP contribution in [-0.2, 0) is 6.54 Å². The number of aromatic nitrogens is 1. The van der Waals surface area contributed by atoms with Gasteiger partial charge in [0.25, 0.3) is 5.91 Å². The van der Waals surface area contributed by atoms with Crippen LogP contribution in [0.3, 0.4) is 0 Å². The molecule has 0 N–H and O–H groups in total. The molecule has 0 atom stereocenters. The number of amides is 1. The summed E-state index contributed by atoms with van der Waals surface area (Å²) in [5.41, 5.74) is 1.39. The van der Waals surface area contributed by atoms with Gasteiger partial charge >= 0.3 is 0 Å². The minimum absolute atomic E-state index is 0.00293. The van der Waals surface area contributed by atoms with Crippen molar-refractivity contribution >= 4 is 5.91 Å². The van der Waals surface area contributed by atoms with Crippen LogP contribution >= 0.6 is 0 Å². The number of hydrogen-bond donors (Lipinski definition) is 0. The summed E-state index contributed by atoms with van der Waals surface area (Å²) in [5, 5.41) is 8.90. The zero-order valence-electron chi connectivity index (χ0n) is 15.3. The normalized spacial score (nSPS) is 10.3. The van der Waals surface area contributed by atoms with E-state index in [0.29, 0.717) is 30.2 Å². The van der Waals surface area contributed by atoms with Crippen molar-refractivity contribution in [3.63, 3.8) is 0 Å². The van der Waals surface area contributed by atoms with Gasteiger partial charge in [-0.3, -0.25) is 9.78 Å². The van der Waals surface area contributed by atoms with Gasteiger partial charge in [-0.05, 0) is 43.7 Å². The standard InChI is InChI=1S/C20H23N3O3/c1-15(2)26-18-8-7-17(12-19(18)25-3)20(24)23(11-5-9-21)14-16-6-4-10-22-13-16/h4,6-8,10,12-13,15H,5,11,14H2,1-3H3. The molecule has 2 rings (SSSR count). The molecule has 6 nitrogen and oxygen atoms in total. The van der Waals surface area contributed by atoms with Gasteiger partial charge in [-0.25, -0.2) is 0 Å². The maximum atomic E-state index is 13.0. The van der Waals surface area contributed by atoms with E-state index in [4.69, 9.17) is 14.7 Å². The number of pyridine rings is 1. The molecule has 0 bridgehead atoms. The Morgan fingerprint density at radius 1 is 1.31 bits per heavy atom. The maximum Gasteiger partial charge on any atom is 0.254 e. The Bertz CT molecular complexity index is 770. The molecule has 136 valence electrons. The third-order valence-corrected chi connectivity index (χ3v) is 3.65. The molecular weight excluding hydrogens is 330 g/mol. The lowest BCUT2D eigenvalue weighted by molar-refractivity contribution is 0.0746. The minimum atomic E-state index is -0.168. The molecule has 1 amide bonds. The van der Waals surface area contributed by atoms with Crippen LogP contribution in [0, 0.1) is 11.3 Å². The second-order valence-corrected chi connectivity index (χ2v) is 6.03. The second kappa shape index (κ2) is 9.42. The zero-order chi connectivity index (χ0) is 18.9. The molecule has 0 unspecified atom stereocenters. The smallest absolute Gasteiger partial charge is 0.254 e. The van der Waals surface area contributed by atoms with Crippen molar-refractivity contribution in [1.29, 1.82) is 5.26 Å². The van der Waals surface area contributed by atoms with Crippen molar-refractivity contribution in [2.75, 3.05) is 13.7 Å². The first-order valence-electron chi connectivity index (χ1n) is 8.45. The molecule has 0 radical (unpaired) electrons. The third kappa shape index (κ3) is 5.21. The Hall–Kier alpha value is -3.07. The quantitative estimate of drug-likeness (QED) is 0.727. The molecule has 1 aromatic heterocycles. The number of carbonyl (C=O) groups excluding carboxylic acids is 1. The first-order chi connectivity index (χ1) is 12.5. The lowest BCUT2D eigenvalue weighted by atomic mass is 10.1. The van der Waals surface area contributed by atoms with Crippen LogP contribution < -0.4 is 9.47 Å². The number of rotatable bonds is 8. The molecule has 6 heteroatoms. The summed E-state index contributed by atoms with van der Waals surface area (Å²) in [4.78, 5) is 18.7. The fraction of sp³-hybridized carbons (Fsp3) is 0.350. The van der Waals surface area contributed by atoms with E-state index in [1.54, 1.807) is 42.6 Å². The minimum Gasteiger partial charge on any atom is -0.493 e. The van der Waals surface area contributed by atoms with Gasteiger partial charge in [0.15, 0.2) is 11.5 Å². The van der Waals surface area contributed by atoms with Gasteiger partial charge in [0, 0.05) is 31.0 Å². The maximum absolute atomic E-state index is 13.0. The fourth-order valence-electron chi connectivity index (χ4n) is 2.48. The first-order valence-corrected chi connectivity index (χ1v) is 8.45. The Labute approximate surface area is 154 Å². The van der Waals surface area contributed by atoms with Gasteiger partial charge in [-0.1, -0.05) is 6.07 Å². The van der Waals surface area contributed by atoms with Crippen LogP contribution in [0.2, 0.25) is 0 Å². The van der Waals surface area contributed by atoms with E-state index >= 15 is 0 Å². The van der Waals surface area contributed by atoms with Crippen molar-refractivity contribution in [2.45, 2.75) is 32.9 Å². The van der Waals surface area contributed by atoms with Crippen LogP contribution in [0.5, 0.6) is 11.5 Å². The summed E-state index contributed by atoms with van der Waals surface area (Å²) in [6.07, 6.45) is 3.66. The highest BCUT2D eigenvalue weighted by Gasteiger charge is 2.18. The molecule has 2 aromatic rings. The number of benzene rings is 1. The topological polar surface area (TPSA) is 75.5 Å². The molecule has 0 aliphatic heterocycles. The van der Waals surface area contributed by atoms with Gasteiger partial charge < -0.3 is 14.4 Å². The number of nitrogens with zero attached hydrogens (tertiary/aromatic N) is 3. The highest BCUT2D eigenvalue weighted by molar-refractivity contribution is 5.95. The number of nitriles is 1. The molecule has 0 fully saturated rings. The average molecular weight is 353 g/mol. The molecule has 26 heavy (non-hydrogen) atoms. The Morgan fingerprint density at radius 3 is 2.73 bits per heavy atom. The van der Waals surface area contributed by atoms with Crippen LogP contribution in [-0.4, -0.2) is 35.5 Å². The van der Waals surface area contributed by atoms with Gasteiger partial charge in [0.2, 0.25) is 0 Å². The number of carbonyl (C=O) groups is 1. The van der Waals surface area contributed by atoms with Crippen molar-refractivity contribution in [3.8, 4) is 17.6 Å². The first kappa shape index (κ1) is 19.3. The van der Waals surface area contributed by atoms with Crippen LogP contribution in [0.15, 0.2) is 42.7 Å². The summed E-state index contributed by atoms with van der Waals surface area (Å²) >= 11 is 0. The molecule has 0 aliphatic carbocycles. The van der Waals surface area contributed by atoms with E-state index < -0.39 is 0 Å². The van der Waals surface area contributed by atoms with Gasteiger partial charge in [0.05, 0.1) is 25.7 Å². The SMILES string of the molecule is COc1cc(C(=O)N(CCC#N)Cc2cccnc2)ccc1OC(C)C. The van der Waals surface area contributed by atoms with Gasteiger partial charge in [-0.15, -0.1) is 0 Å². The largest absolute Gasteiger partial charge is 0.493 e. The highest BCUT2D eigenvalue weighted by Crippen LogP contribution is 2.29. The predicted molar refractivity (Wildman–Crippen MR) is 98.0 cm³/mol. The van der Waals surface area contributed by atoms with Crippen molar-refractivity contribution < 1.29 is 14.3 Å². The summed E-state index contributed by atoms with van der Waals surface area (Å²) in [6, 6.07) is 10.9. The fourth-order valence-corrected chi connectivity index (χ4v) is 2.48. The van der Waals surface area contributed by atoms with E-state index in [1.807, 2.05) is 26.0 Å². The summed E-state index contributed by atoms with van der Waals surface area (Å²) in [7, 11) is 1.54. The van der Waals surface area contributed by atoms with E-state index in [-0.39, 0.29) is 18.4 Å². The van der Waals surface area contributed by atoms with Crippen molar-refractivity contribution in [2.24, 2.45) is 0 Å². The Balaban J connectivity index is 2.25. The number of hydrogen-bond acceptors (Lipinski definition) is 5.